The van der Waals surface area contributed by atoms with Crippen LogP contribution in [0.5, 0.6) is 0 Å². The second-order valence-electron chi connectivity index (χ2n) is 3.99. The van der Waals surface area contributed by atoms with Crippen molar-refractivity contribution in [1.82, 2.24) is 15.5 Å². The molecule has 0 aromatic carbocycles. The quantitative estimate of drug-likeness (QED) is 0.665. The van der Waals surface area contributed by atoms with Crippen LogP contribution in [0.3, 0.4) is 0 Å². The van der Waals surface area contributed by atoms with Gasteiger partial charge in [0.15, 0.2) is 0 Å². The standard InChI is InChI=1S/C12H21N3O/c1-2-3-4-5-6-7-9-13-12(16)11-8-10-14-15-11/h8,10H,2-7,9H2,1H3,(H,13,16)(H,14,15). The summed E-state index contributed by atoms with van der Waals surface area (Å²) in [5.41, 5.74) is 0.533. The number of carbonyl (C=O) groups is 1. The van der Waals surface area contributed by atoms with Crippen LogP contribution in [0.2, 0.25) is 0 Å². The molecule has 0 spiro atoms. The molecule has 0 saturated carbocycles. The minimum atomic E-state index is -0.0638. The molecule has 1 heterocycles. The van der Waals surface area contributed by atoms with E-state index in [1.54, 1.807) is 12.3 Å². The highest BCUT2D eigenvalue weighted by atomic mass is 16.1. The molecule has 1 aromatic rings. The van der Waals surface area contributed by atoms with Gasteiger partial charge in [-0.25, -0.2) is 0 Å². The van der Waals surface area contributed by atoms with E-state index in [0.29, 0.717) is 5.69 Å². The Morgan fingerprint density at radius 1 is 1.31 bits per heavy atom. The summed E-state index contributed by atoms with van der Waals surface area (Å²) in [6, 6.07) is 1.68. The average Bonchev–Trinajstić information content (AvgIpc) is 2.81. The number of unbranched alkanes of at least 4 members (excludes halogenated alkanes) is 5. The maximum absolute atomic E-state index is 11.5. The number of nitrogens with one attached hydrogen (secondary N) is 2. The summed E-state index contributed by atoms with van der Waals surface area (Å²) >= 11 is 0. The van der Waals surface area contributed by atoms with Crippen LogP contribution in [0, 0.1) is 0 Å². The molecule has 0 atom stereocenters. The van der Waals surface area contributed by atoms with Crippen LogP contribution in [-0.4, -0.2) is 22.6 Å². The first-order valence-corrected chi connectivity index (χ1v) is 6.12. The van der Waals surface area contributed by atoms with E-state index >= 15 is 0 Å². The van der Waals surface area contributed by atoms with E-state index in [2.05, 4.69) is 22.4 Å². The van der Waals surface area contributed by atoms with Gasteiger partial charge in [0.25, 0.3) is 5.91 Å². The first-order valence-electron chi connectivity index (χ1n) is 6.12. The van der Waals surface area contributed by atoms with Crippen LogP contribution < -0.4 is 5.32 Å². The van der Waals surface area contributed by atoms with Gasteiger partial charge in [-0.05, 0) is 12.5 Å². The van der Waals surface area contributed by atoms with Crippen LogP contribution in [0.25, 0.3) is 0 Å². The molecule has 0 saturated heterocycles. The number of amides is 1. The first kappa shape index (κ1) is 12.7. The molecule has 0 aliphatic rings. The third-order valence-corrected chi connectivity index (χ3v) is 2.56. The third kappa shape index (κ3) is 4.96. The van der Waals surface area contributed by atoms with Gasteiger partial charge >= 0.3 is 0 Å². The SMILES string of the molecule is CCCCCCCCNC(=O)c1ccn[nH]1. The summed E-state index contributed by atoms with van der Waals surface area (Å²) in [5, 5.41) is 9.25. The number of hydrogen-bond acceptors (Lipinski definition) is 2. The Morgan fingerprint density at radius 3 is 2.75 bits per heavy atom. The molecule has 4 heteroatoms. The Balaban J connectivity index is 1.97. The first-order chi connectivity index (χ1) is 7.84. The largest absolute Gasteiger partial charge is 0.351 e. The number of aromatic nitrogens is 2. The second kappa shape index (κ2) is 7.91. The Bertz CT molecular complexity index is 282. The van der Waals surface area contributed by atoms with Crippen molar-refractivity contribution in [2.75, 3.05) is 6.54 Å². The van der Waals surface area contributed by atoms with Crippen LogP contribution >= 0.6 is 0 Å². The van der Waals surface area contributed by atoms with Crippen LogP contribution in [0.1, 0.15) is 55.9 Å². The summed E-state index contributed by atoms with van der Waals surface area (Å²) < 4.78 is 0. The molecule has 1 aromatic heterocycles. The van der Waals surface area contributed by atoms with Crippen LogP contribution in [-0.2, 0) is 0 Å². The summed E-state index contributed by atoms with van der Waals surface area (Å²) in [4.78, 5) is 11.5. The molecule has 4 nitrogen and oxygen atoms in total. The predicted octanol–water partition coefficient (Wildman–Crippen LogP) is 2.50. The summed E-state index contributed by atoms with van der Waals surface area (Å²) in [6.07, 6.45) is 9.02. The van der Waals surface area contributed by atoms with Crippen molar-refractivity contribution in [3.8, 4) is 0 Å². The van der Waals surface area contributed by atoms with E-state index in [1.807, 2.05) is 0 Å². The van der Waals surface area contributed by atoms with Gasteiger partial charge in [-0.2, -0.15) is 5.10 Å². The molecular weight excluding hydrogens is 202 g/mol. The van der Waals surface area contributed by atoms with Crippen molar-refractivity contribution < 1.29 is 4.79 Å². The molecule has 0 radical (unpaired) electrons. The van der Waals surface area contributed by atoms with E-state index in [4.69, 9.17) is 0 Å². The summed E-state index contributed by atoms with van der Waals surface area (Å²) in [5.74, 6) is -0.0638. The van der Waals surface area contributed by atoms with Gasteiger partial charge in [0.2, 0.25) is 0 Å². The maximum atomic E-state index is 11.5. The van der Waals surface area contributed by atoms with Gasteiger partial charge < -0.3 is 5.32 Å². The van der Waals surface area contributed by atoms with Gasteiger partial charge in [0.05, 0.1) is 0 Å². The number of nitrogens with zero attached hydrogens (tertiary/aromatic N) is 1. The molecule has 2 N–H and O–H groups in total. The van der Waals surface area contributed by atoms with Gasteiger partial charge in [-0.15, -0.1) is 0 Å². The predicted molar refractivity (Wildman–Crippen MR) is 64.3 cm³/mol. The van der Waals surface area contributed by atoms with Crippen molar-refractivity contribution >= 4 is 5.91 Å². The molecular formula is C12H21N3O. The lowest BCUT2D eigenvalue weighted by molar-refractivity contribution is 0.0948. The molecule has 0 bridgehead atoms. The molecule has 0 aliphatic carbocycles. The topological polar surface area (TPSA) is 57.8 Å². The number of rotatable bonds is 8. The lowest BCUT2D eigenvalue weighted by Gasteiger charge is -2.03. The maximum Gasteiger partial charge on any atom is 0.269 e. The Morgan fingerprint density at radius 2 is 2.06 bits per heavy atom. The lowest BCUT2D eigenvalue weighted by Crippen LogP contribution is -2.24. The normalized spacial score (nSPS) is 10.3. The number of H-pyrrole nitrogens is 1. The number of aromatic amines is 1. The molecule has 0 fully saturated rings. The molecule has 0 aliphatic heterocycles. The number of carbonyl (C=O) groups excluding carboxylic acids is 1. The minimum Gasteiger partial charge on any atom is -0.351 e. The molecule has 90 valence electrons. The number of hydrogen-bond donors (Lipinski definition) is 2. The Kier molecular flexibility index (Phi) is 6.30. The van der Waals surface area contributed by atoms with E-state index < -0.39 is 0 Å². The van der Waals surface area contributed by atoms with Crippen molar-refractivity contribution in [3.63, 3.8) is 0 Å². The van der Waals surface area contributed by atoms with Gasteiger partial charge in [0.1, 0.15) is 5.69 Å². The minimum absolute atomic E-state index is 0.0638. The van der Waals surface area contributed by atoms with Crippen LogP contribution in [0.15, 0.2) is 12.3 Å². The Hall–Kier alpha value is -1.32. The summed E-state index contributed by atoms with van der Waals surface area (Å²) in [7, 11) is 0. The van der Waals surface area contributed by atoms with E-state index in [0.717, 1.165) is 13.0 Å². The van der Waals surface area contributed by atoms with Gasteiger partial charge in [-0.3, -0.25) is 9.89 Å². The van der Waals surface area contributed by atoms with E-state index in [-0.39, 0.29) is 5.91 Å². The fourth-order valence-electron chi connectivity index (χ4n) is 1.58. The zero-order valence-corrected chi connectivity index (χ0v) is 9.96. The van der Waals surface area contributed by atoms with Crippen molar-refractivity contribution in [1.29, 1.82) is 0 Å². The van der Waals surface area contributed by atoms with E-state index in [1.165, 1.54) is 32.1 Å². The molecule has 1 rings (SSSR count). The van der Waals surface area contributed by atoms with Crippen molar-refractivity contribution in [2.45, 2.75) is 45.4 Å². The van der Waals surface area contributed by atoms with Crippen LogP contribution in [0.4, 0.5) is 0 Å². The van der Waals surface area contributed by atoms with E-state index in [9.17, 15) is 4.79 Å². The van der Waals surface area contributed by atoms with Crippen molar-refractivity contribution in [2.24, 2.45) is 0 Å². The Labute approximate surface area is 96.8 Å². The lowest BCUT2D eigenvalue weighted by atomic mass is 10.1. The monoisotopic (exact) mass is 223 g/mol. The highest BCUT2D eigenvalue weighted by molar-refractivity contribution is 5.91. The van der Waals surface area contributed by atoms with Crippen molar-refractivity contribution in [3.05, 3.63) is 18.0 Å². The smallest absolute Gasteiger partial charge is 0.269 e. The fourth-order valence-corrected chi connectivity index (χ4v) is 1.58. The third-order valence-electron chi connectivity index (χ3n) is 2.56. The zero-order chi connectivity index (χ0) is 11.6. The highest BCUT2D eigenvalue weighted by Crippen LogP contribution is 2.04. The molecule has 0 unspecified atom stereocenters. The second-order valence-corrected chi connectivity index (χ2v) is 3.99. The fraction of sp³-hybridized carbons (Fsp3) is 0.667. The summed E-state index contributed by atoms with van der Waals surface area (Å²) in [6.45, 7) is 2.97. The molecule has 1 amide bonds. The zero-order valence-electron chi connectivity index (χ0n) is 9.96. The highest BCUT2D eigenvalue weighted by Gasteiger charge is 2.04. The molecule has 16 heavy (non-hydrogen) atoms. The average molecular weight is 223 g/mol. The van der Waals surface area contributed by atoms with Gasteiger partial charge in [0, 0.05) is 12.7 Å². The van der Waals surface area contributed by atoms with Gasteiger partial charge in [-0.1, -0.05) is 39.0 Å².